The van der Waals surface area contributed by atoms with Crippen LogP contribution in [0.3, 0.4) is 0 Å². The Hall–Kier alpha value is -1.36. The molecule has 5 heteroatoms. The van der Waals surface area contributed by atoms with Crippen LogP contribution in [-0.2, 0) is 11.2 Å². The normalized spacial score (nSPS) is 12.8. The summed E-state index contributed by atoms with van der Waals surface area (Å²) in [6.07, 6.45) is 1.10. The summed E-state index contributed by atoms with van der Waals surface area (Å²) in [6.45, 7) is 9.86. The first kappa shape index (κ1) is 18.7. The second kappa shape index (κ2) is 7.27. The van der Waals surface area contributed by atoms with E-state index in [2.05, 4.69) is 15.9 Å². The molecule has 0 aromatic heterocycles. The minimum atomic E-state index is -1.14. The van der Waals surface area contributed by atoms with Crippen molar-refractivity contribution in [2.75, 3.05) is 0 Å². The van der Waals surface area contributed by atoms with Gasteiger partial charge < -0.3 is 9.84 Å². The summed E-state index contributed by atoms with van der Waals surface area (Å²) < 4.78 is 6.25. The van der Waals surface area contributed by atoms with Crippen molar-refractivity contribution >= 4 is 27.9 Å². The number of carbonyl (C=O) groups excluding carboxylic acids is 1. The molecule has 1 atom stereocenters. The lowest BCUT2D eigenvalue weighted by molar-refractivity contribution is -0.00429. The molecular weight excluding hydrogens is 348 g/mol. The third kappa shape index (κ3) is 4.32. The Morgan fingerprint density at radius 2 is 1.82 bits per heavy atom. The number of aryl methyl sites for hydroxylation is 1. The number of aromatic carboxylic acids is 1. The predicted octanol–water partition coefficient (Wildman–Crippen LogP) is 4.69. The molecule has 0 heterocycles. The van der Waals surface area contributed by atoms with E-state index in [0.29, 0.717) is 17.3 Å². The molecule has 0 amide bonds. The number of esters is 1. The van der Waals surface area contributed by atoms with Crippen molar-refractivity contribution in [1.29, 1.82) is 0 Å². The van der Waals surface area contributed by atoms with Crippen molar-refractivity contribution in [3.63, 3.8) is 0 Å². The number of carbonyl (C=O) groups is 2. The van der Waals surface area contributed by atoms with Crippen LogP contribution < -0.4 is 0 Å². The summed E-state index contributed by atoms with van der Waals surface area (Å²) in [6, 6.07) is 3.07. The van der Waals surface area contributed by atoms with Gasteiger partial charge in [-0.1, -0.05) is 50.5 Å². The fraction of sp³-hybridized carbons (Fsp3) is 0.529. The molecule has 1 aromatic carbocycles. The fourth-order valence-corrected chi connectivity index (χ4v) is 2.92. The first-order valence-corrected chi connectivity index (χ1v) is 8.17. The smallest absolute Gasteiger partial charge is 0.339 e. The Morgan fingerprint density at radius 1 is 1.23 bits per heavy atom. The van der Waals surface area contributed by atoms with Gasteiger partial charge in [0.15, 0.2) is 0 Å². The van der Waals surface area contributed by atoms with E-state index in [-0.39, 0.29) is 22.6 Å². The highest BCUT2D eigenvalue weighted by molar-refractivity contribution is 9.10. The van der Waals surface area contributed by atoms with Crippen molar-refractivity contribution in [2.45, 2.75) is 53.6 Å². The quantitative estimate of drug-likeness (QED) is 0.763. The van der Waals surface area contributed by atoms with Crippen LogP contribution in [0.25, 0.3) is 0 Å². The minimum absolute atomic E-state index is 0.0437. The lowest BCUT2D eigenvalue weighted by atomic mass is 9.87. The van der Waals surface area contributed by atoms with Crippen molar-refractivity contribution in [1.82, 2.24) is 0 Å². The van der Waals surface area contributed by atoms with E-state index in [4.69, 9.17) is 4.74 Å². The number of carboxylic acid groups (broad SMARTS) is 1. The van der Waals surface area contributed by atoms with E-state index < -0.39 is 11.9 Å². The molecule has 22 heavy (non-hydrogen) atoms. The first-order chi connectivity index (χ1) is 10.1. The van der Waals surface area contributed by atoms with Crippen LogP contribution in [0, 0.1) is 5.41 Å². The summed E-state index contributed by atoms with van der Waals surface area (Å²) in [5, 5.41) is 9.33. The Kier molecular flexibility index (Phi) is 6.17. The van der Waals surface area contributed by atoms with E-state index in [0.717, 1.165) is 5.56 Å². The molecule has 0 aliphatic heterocycles. The summed E-state index contributed by atoms with van der Waals surface area (Å²) in [5.41, 5.74) is 0.741. The van der Waals surface area contributed by atoms with E-state index in [1.807, 2.05) is 34.6 Å². The number of hydrogen-bond acceptors (Lipinski definition) is 3. The van der Waals surface area contributed by atoms with Gasteiger partial charge in [-0.3, -0.25) is 0 Å². The SMILES string of the molecule is CCc1cc(C(=O)OC(CC)C(C)(C)C)c(C(=O)O)cc1Br. The van der Waals surface area contributed by atoms with Crippen molar-refractivity contribution in [3.05, 3.63) is 33.3 Å². The van der Waals surface area contributed by atoms with Crippen LogP contribution in [-0.4, -0.2) is 23.1 Å². The number of ether oxygens (including phenoxy) is 1. The third-order valence-corrected chi connectivity index (χ3v) is 4.34. The number of rotatable bonds is 5. The Morgan fingerprint density at radius 3 is 2.23 bits per heavy atom. The summed E-state index contributed by atoms with van der Waals surface area (Å²) in [4.78, 5) is 23.9. The zero-order valence-electron chi connectivity index (χ0n) is 13.7. The van der Waals surface area contributed by atoms with E-state index in [9.17, 15) is 14.7 Å². The van der Waals surface area contributed by atoms with Gasteiger partial charge in [0.25, 0.3) is 0 Å². The van der Waals surface area contributed by atoms with Crippen molar-refractivity contribution < 1.29 is 19.4 Å². The first-order valence-electron chi connectivity index (χ1n) is 7.38. The Labute approximate surface area is 140 Å². The molecule has 1 N–H and O–H groups in total. The second-order valence-electron chi connectivity index (χ2n) is 6.32. The van der Waals surface area contributed by atoms with E-state index >= 15 is 0 Å². The lowest BCUT2D eigenvalue weighted by Gasteiger charge is -2.29. The van der Waals surface area contributed by atoms with Crippen molar-refractivity contribution in [2.24, 2.45) is 5.41 Å². The second-order valence-corrected chi connectivity index (χ2v) is 7.17. The number of hydrogen-bond donors (Lipinski definition) is 1. The molecule has 0 bridgehead atoms. The molecule has 0 spiro atoms. The van der Waals surface area contributed by atoms with Crippen LogP contribution in [0.1, 0.15) is 67.3 Å². The lowest BCUT2D eigenvalue weighted by Crippen LogP contribution is -2.31. The van der Waals surface area contributed by atoms with Crippen molar-refractivity contribution in [3.8, 4) is 0 Å². The zero-order chi connectivity index (χ0) is 17.1. The molecule has 0 aliphatic rings. The number of carboxylic acids is 1. The predicted molar refractivity (Wildman–Crippen MR) is 89.4 cm³/mol. The van der Waals surface area contributed by atoms with Gasteiger partial charge >= 0.3 is 11.9 Å². The Bertz CT molecular complexity index is 573. The highest BCUT2D eigenvalue weighted by atomic mass is 79.9. The summed E-state index contributed by atoms with van der Waals surface area (Å²) in [7, 11) is 0. The van der Waals surface area contributed by atoms with Crippen LogP contribution in [0.5, 0.6) is 0 Å². The largest absolute Gasteiger partial charge is 0.478 e. The van der Waals surface area contributed by atoms with Gasteiger partial charge in [0.05, 0.1) is 11.1 Å². The maximum atomic E-state index is 12.5. The average Bonchev–Trinajstić information content (AvgIpc) is 2.42. The standard InChI is InChI=1S/C17H23BrO4/c1-6-10-8-12(11(15(19)20)9-13(10)18)16(21)22-14(7-2)17(3,4)5/h8-9,14H,6-7H2,1-5H3,(H,19,20). The third-order valence-electron chi connectivity index (χ3n) is 3.60. The highest BCUT2D eigenvalue weighted by Crippen LogP contribution is 2.28. The van der Waals surface area contributed by atoms with E-state index in [1.54, 1.807) is 6.07 Å². The molecular formula is C17H23BrO4. The summed E-state index contributed by atoms with van der Waals surface area (Å²) in [5.74, 6) is -1.72. The number of halogens is 1. The molecule has 0 radical (unpaired) electrons. The number of benzene rings is 1. The minimum Gasteiger partial charge on any atom is -0.478 e. The molecule has 0 saturated heterocycles. The molecule has 0 aliphatic carbocycles. The topological polar surface area (TPSA) is 63.6 Å². The molecule has 1 unspecified atom stereocenters. The fourth-order valence-electron chi connectivity index (χ4n) is 2.30. The van der Waals surface area contributed by atoms with Crippen LogP contribution in [0.4, 0.5) is 0 Å². The van der Waals surface area contributed by atoms with Gasteiger partial charge in [-0.05, 0) is 36.0 Å². The monoisotopic (exact) mass is 370 g/mol. The summed E-state index contributed by atoms with van der Waals surface area (Å²) >= 11 is 3.34. The van der Waals surface area contributed by atoms with Crippen LogP contribution in [0.2, 0.25) is 0 Å². The van der Waals surface area contributed by atoms with Crippen LogP contribution in [0.15, 0.2) is 16.6 Å². The molecule has 122 valence electrons. The average molecular weight is 371 g/mol. The maximum absolute atomic E-state index is 12.5. The van der Waals surface area contributed by atoms with Gasteiger partial charge in [-0.25, -0.2) is 9.59 Å². The van der Waals surface area contributed by atoms with E-state index in [1.165, 1.54) is 6.07 Å². The van der Waals surface area contributed by atoms with Gasteiger partial charge in [0, 0.05) is 4.47 Å². The highest BCUT2D eigenvalue weighted by Gasteiger charge is 2.29. The molecule has 0 saturated carbocycles. The Balaban J connectivity index is 3.24. The maximum Gasteiger partial charge on any atom is 0.339 e. The van der Waals surface area contributed by atoms with Crippen LogP contribution >= 0.6 is 15.9 Å². The molecule has 0 fully saturated rings. The van der Waals surface area contributed by atoms with Gasteiger partial charge in [-0.2, -0.15) is 0 Å². The molecule has 1 rings (SSSR count). The van der Waals surface area contributed by atoms with Gasteiger partial charge in [0.2, 0.25) is 0 Å². The zero-order valence-corrected chi connectivity index (χ0v) is 15.3. The molecule has 1 aromatic rings. The van der Waals surface area contributed by atoms with Gasteiger partial charge in [-0.15, -0.1) is 0 Å². The molecule has 4 nitrogen and oxygen atoms in total. The van der Waals surface area contributed by atoms with Gasteiger partial charge in [0.1, 0.15) is 6.10 Å².